The third-order valence-corrected chi connectivity index (χ3v) is 3.84. The molecule has 0 radical (unpaired) electrons. The molecule has 1 aromatic rings. The van der Waals surface area contributed by atoms with E-state index in [-0.39, 0.29) is 5.91 Å². The van der Waals surface area contributed by atoms with Crippen LogP contribution < -0.4 is 9.64 Å². The molecule has 1 heterocycles. The van der Waals surface area contributed by atoms with E-state index in [9.17, 15) is 9.59 Å². The van der Waals surface area contributed by atoms with Crippen LogP contribution in [0.25, 0.3) is 0 Å². The minimum atomic E-state index is 0.124. The van der Waals surface area contributed by atoms with Crippen LogP contribution in [0.4, 0.5) is 5.69 Å². The molecule has 0 N–H and O–H groups in total. The van der Waals surface area contributed by atoms with E-state index >= 15 is 0 Å². The summed E-state index contributed by atoms with van der Waals surface area (Å²) in [7, 11) is 1.53. The van der Waals surface area contributed by atoms with Crippen molar-refractivity contribution in [1.82, 2.24) is 0 Å². The van der Waals surface area contributed by atoms with Crippen LogP contribution in [0.5, 0.6) is 5.75 Å². The highest BCUT2D eigenvalue weighted by molar-refractivity contribution is 9.09. The number of halogens is 1. The first kappa shape index (κ1) is 14.1. The van der Waals surface area contributed by atoms with E-state index in [0.717, 1.165) is 35.7 Å². The molecule has 1 aliphatic heterocycles. The summed E-state index contributed by atoms with van der Waals surface area (Å²) >= 11 is 3.33. The number of anilines is 1. The van der Waals surface area contributed by atoms with Gasteiger partial charge in [0.25, 0.3) is 0 Å². The van der Waals surface area contributed by atoms with Crippen molar-refractivity contribution < 1.29 is 14.3 Å². The Kier molecular flexibility index (Phi) is 4.58. The normalized spacial score (nSPS) is 13.3. The average Bonchev–Trinajstić information content (AvgIpc) is 2.85. The first-order chi connectivity index (χ1) is 9.21. The second-order valence-corrected chi connectivity index (χ2v) is 5.22. The second-order valence-electron chi connectivity index (χ2n) is 4.43. The Morgan fingerprint density at radius 1 is 1.53 bits per heavy atom. The lowest BCUT2D eigenvalue weighted by Crippen LogP contribution is -2.28. The summed E-state index contributed by atoms with van der Waals surface area (Å²) in [5, 5.41) is 0.826. The van der Waals surface area contributed by atoms with Gasteiger partial charge in [-0.2, -0.15) is 0 Å². The highest BCUT2D eigenvalue weighted by Crippen LogP contribution is 2.34. The molecule has 1 aliphatic rings. The van der Waals surface area contributed by atoms with Crippen molar-refractivity contribution in [3.63, 3.8) is 0 Å². The molecule has 0 bridgehead atoms. The molecule has 0 saturated carbocycles. The number of hydrogen-bond acceptors (Lipinski definition) is 3. The number of benzene rings is 1. The van der Waals surface area contributed by atoms with E-state index in [1.807, 2.05) is 6.07 Å². The van der Waals surface area contributed by atoms with Crippen molar-refractivity contribution in [1.29, 1.82) is 0 Å². The van der Waals surface area contributed by atoms with Crippen molar-refractivity contribution in [2.45, 2.75) is 19.3 Å². The summed E-state index contributed by atoms with van der Waals surface area (Å²) in [6, 6.07) is 3.61. The molecule has 0 spiro atoms. The second kappa shape index (κ2) is 6.19. The Labute approximate surface area is 120 Å². The molecular weight excluding hydrogens is 310 g/mol. The van der Waals surface area contributed by atoms with E-state index < -0.39 is 0 Å². The van der Waals surface area contributed by atoms with Gasteiger partial charge < -0.3 is 9.64 Å². The standard InChI is InChI=1S/C14H16BrNO3/c1-19-13-8-12-10(7-11(13)9-17)4-6-16(12)14(18)3-2-5-15/h7-9H,2-6H2,1H3. The molecule has 5 heteroatoms. The smallest absolute Gasteiger partial charge is 0.227 e. The lowest BCUT2D eigenvalue weighted by Gasteiger charge is -2.18. The van der Waals surface area contributed by atoms with Gasteiger partial charge in [-0.25, -0.2) is 0 Å². The lowest BCUT2D eigenvalue weighted by molar-refractivity contribution is -0.118. The SMILES string of the molecule is COc1cc2c(cc1C=O)CCN2C(=O)CCCBr. The zero-order chi connectivity index (χ0) is 13.8. The van der Waals surface area contributed by atoms with Crippen molar-refractivity contribution in [2.75, 3.05) is 23.9 Å². The van der Waals surface area contributed by atoms with Gasteiger partial charge in [-0.05, 0) is 24.5 Å². The van der Waals surface area contributed by atoms with Gasteiger partial charge in [-0.1, -0.05) is 15.9 Å². The Morgan fingerprint density at radius 2 is 2.32 bits per heavy atom. The number of carbonyl (C=O) groups is 2. The maximum Gasteiger partial charge on any atom is 0.227 e. The molecule has 0 saturated heterocycles. The van der Waals surface area contributed by atoms with Crippen LogP contribution in [0.3, 0.4) is 0 Å². The first-order valence-electron chi connectivity index (χ1n) is 6.23. The van der Waals surface area contributed by atoms with E-state index in [1.54, 1.807) is 11.0 Å². The van der Waals surface area contributed by atoms with Crippen LogP contribution in [0.1, 0.15) is 28.8 Å². The number of hydrogen-bond donors (Lipinski definition) is 0. The molecule has 0 aliphatic carbocycles. The number of ether oxygens (including phenoxy) is 1. The number of nitrogens with zero attached hydrogens (tertiary/aromatic N) is 1. The summed E-state index contributed by atoms with van der Waals surface area (Å²) < 4.78 is 5.19. The van der Waals surface area contributed by atoms with Gasteiger partial charge in [0.2, 0.25) is 5.91 Å². The number of aldehydes is 1. The molecular formula is C14H16BrNO3. The van der Waals surface area contributed by atoms with Gasteiger partial charge in [-0.3, -0.25) is 9.59 Å². The maximum atomic E-state index is 12.1. The number of alkyl halides is 1. The van der Waals surface area contributed by atoms with Crippen LogP contribution in [0, 0.1) is 0 Å². The fraction of sp³-hybridized carbons (Fsp3) is 0.429. The zero-order valence-electron chi connectivity index (χ0n) is 10.8. The summed E-state index contributed by atoms with van der Waals surface area (Å²) in [5.41, 5.74) is 2.45. The molecule has 1 amide bonds. The number of rotatable bonds is 5. The number of amides is 1. The van der Waals surface area contributed by atoms with Gasteiger partial charge in [0.15, 0.2) is 6.29 Å². The fourth-order valence-electron chi connectivity index (χ4n) is 2.32. The lowest BCUT2D eigenvalue weighted by atomic mass is 10.1. The number of carbonyl (C=O) groups excluding carboxylic acids is 2. The summed E-state index contributed by atoms with van der Waals surface area (Å²) in [5.74, 6) is 0.646. The Balaban J connectivity index is 2.28. The van der Waals surface area contributed by atoms with E-state index in [4.69, 9.17) is 4.74 Å². The molecule has 19 heavy (non-hydrogen) atoms. The minimum absolute atomic E-state index is 0.124. The van der Waals surface area contributed by atoms with Gasteiger partial charge in [0.05, 0.1) is 18.4 Å². The quantitative estimate of drug-likeness (QED) is 0.617. The third-order valence-electron chi connectivity index (χ3n) is 3.28. The van der Waals surface area contributed by atoms with Crippen LogP contribution in [0.2, 0.25) is 0 Å². The molecule has 102 valence electrons. The Bertz CT molecular complexity index is 502. The Morgan fingerprint density at radius 3 is 2.95 bits per heavy atom. The van der Waals surface area contributed by atoms with Crippen LogP contribution in [-0.4, -0.2) is 31.2 Å². The van der Waals surface area contributed by atoms with Crippen molar-refractivity contribution >= 4 is 33.8 Å². The van der Waals surface area contributed by atoms with Crippen LogP contribution in [-0.2, 0) is 11.2 Å². The van der Waals surface area contributed by atoms with E-state index in [0.29, 0.717) is 24.3 Å². The van der Waals surface area contributed by atoms with Gasteiger partial charge in [0.1, 0.15) is 5.75 Å². The molecule has 1 aromatic carbocycles. The summed E-state index contributed by atoms with van der Waals surface area (Å²) in [6.07, 6.45) is 2.94. The van der Waals surface area contributed by atoms with Crippen LogP contribution in [0.15, 0.2) is 12.1 Å². The number of fused-ring (bicyclic) bond motifs is 1. The molecule has 0 unspecified atom stereocenters. The third kappa shape index (κ3) is 2.81. The molecule has 0 aromatic heterocycles. The van der Waals surface area contributed by atoms with E-state index in [1.165, 1.54) is 7.11 Å². The average molecular weight is 326 g/mol. The highest BCUT2D eigenvalue weighted by Gasteiger charge is 2.25. The highest BCUT2D eigenvalue weighted by atomic mass is 79.9. The van der Waals surface area contributed by atoms with Crippen molar-refractivity contribution in [3.8, 4) is 5.75 Å². The van der Waals surface area contributed by atoms with Gasteiger partial charge in [-0.15, -0.1) is 0 Å². The predicted octanol–water partition coefficient (Wildman–Crippen LogP) is 2.57. The monoisotopic (exact) mass is 325 g/mol. The van der Waals surface area contributed by atoms with Crippen molar-refractivity contribution in [3.05, 3.63) is 23.3 Å². The summed E-state index contributed by atoms with van der Waals surface area (Å²) in [6.45, 7) is 0.682. The first-order valence-corrected chi connectivity index (χ1v) is 7.35. The maximum absolute atomic E-state index is 12.1. The molecule has 0 atom stereocenters. The van der Waals surface area contributed by atoms with Crippen molar-refractivity contribution in [2.24, 2.45) is 0 Å². The predicted molar refractivity (Wildman–Crippen MR) is 77.5 cm³/mol. The fourth-order valence-corrected chi connectivity index (χ4v) is 2.60. The zero-order valence-corrected chi connectivity index (χ0v) is 12.4. The topological polar surface area (TPSA) is 46.6 Å². The molecule has 2 rings (SSSR count). The van der Waals surface area contributed by atoms with Gasteiger partial charge in [0, 0.05) is 24.4 Å². The van der Waals surface area contributed by atoms with E-state index in [2.05, 4.69) is 15.9 Å². The minimum Gasteiger partial charge on any atom is -0.496 e. The van der Waals surface area contributed by atoms with Crippen LogP contribution >= 0.6 is 15.9 Å². The molecule has 0 fully saturated rings. The van der Waals surface area contributed by atoms with Gasteiger partial charge >= 0.3 is 0 Å². The summed E-state index contributed by atoms with van der Waals surface area (Å²) in [4.78, 5) is 24.9. The number of methoxy groups -OCH3 is 1. The largest absolute Gasteiger partial charge is 0.496 e. The Hall–Kier alpha value is -1.36. The molecule has 4 nitrogen and oxygen atoms in total.